The van der Waals surface area contributed by atoms with Gasteiger partial charge in [0.05, 0.1) is 5.69 Å². The van der Waals surface area contributed by atoms with Crippen LogP contribution in [0.1, 0.15) is 37.5 Å². The predicted octanol–water partition coefficient (Wildman–Crippen LogP) is 14.4. The smallest absolute Gasteiger partial charge is 0.252 e. The fourth-order valence-electron chi connectivity index (χ4n) is 10.1. The average molecular weight is 809 g/mol. The first-order chi connectivity index (χ1) is 30.7. The van der Waals surface area contributed by atoms with Crippen molar-refractivity contribution in [2.75, 3.05) is 9.80 Å². The van der Waals surface area contributed by atoms with Gasteiger partial charge in [0.2, 0.25) is 0 Å². The number of nitrogens with zero attached hydrogens (tertiary/aromatic N) is 2. The molecule has 2 nitrogen and oxygen atoms in total. The van der Waals surface area contributed by atoms with Crippen LogP contribution in [-0.2, 0) is 5.41 Å². The second-order valence-electron chi connectivity index (χ2n) is 18.3. The Balaban J connectivity index is 1.26. The summed E-state index contributed by atoms with van der Waals surface area (Å²) < 4.78 is 0. The minimum absolute atomic E-state index is 0.00459. The number of fused-ring (bicyclic) bond motifs is 4. The highest BCUT2D eigenvalue weighted by Crippen LogP contribution is 2.51. The molecule has 2 aliphatic rings. The van der Waals surface area contributed by atoms with E-state index >= 15 is 0 Å². The fraction of sp³-hybridized carbons (Fsp3) is 0.100. The molecule has 0 amide bonds. The van der Waals surface area contributed by atoms with Crippen LogP contribution in [0.3, 0.4) is 0 Å². The van der Waals surface area contributed by atoms with Crippen LogP contribution in [0.2, 0.25) is 0 Å². The first-order valence-electron chi connectivity index (χ1n) is 22.2. The van der Waals surface area contributed by atoms with E-state index in [1.807, 2.05) is 0 Å². The quantitative estimate of drug-likeness (QED) is 0.154. The predicted molar refractivity (Wildman–Crippen MR) is 270 cm³/mol. The molecule has 0 saturated carbocycles. The second-order valence-corrected chi connectivity index (χ2v) is 18.3. The van der Waals surface area contributed by atoms with Gasteiger partial charge in [-0.2, -0.15) is 0 Å². The van der Waals surface area contributed by atoms with Crippen molar-refractivity contribution in [3.63, 3.8) is 0 Å². The lowest BCUT2D eigenvalue weighted by Crippen LogP contribution is -2.61. The molecule has 63 heavy (non-hydrogen) atoms. The van der Waals surface area contributed by atoms with Crippen LogP contribution >= 0.6 is 0 Å². The molecule has 0 aliphatic carbocycles. The number of anilines is 6. The van der Waals surface area contributed by atoms with E-state index in [0.29, 0.717) is 0 Å². The molecule has 0 radical (unpaired) electrons. The van der Waals surface area contributed by atoms with E-state index in [1.165, 1.54) is 106 Å². The zero-order valence-electron chi connectivity index (χ0n) is 36.6. The van der Waals surface area contributed by atoms with Crippen molar-refractivity contribution in [3.8, 4) is 44.5 Å². The largest absolute Gasteiger partial charge is 0.311 e. The molecule has 2 heterocycles. The summed E-state index contributed by atoms with van der Waals surface area (Å²) >= 11 is 0. The first-order valence-corrected chi connectivity index (χ1v) is 22.2. The Kier molecular flexibility index (Phi) is 9.32. The van der Waals surface area contributed by atoms with Gasteiger partial charge in [-0.15, -0.1) is 0 Å². The van der Waals surface area contributed by atoms with Crippen molar-refractivity contribution in [3.05, 3.63) is 223 Å². The number of aryl methyl sites for hydroxylation is 2. The molecular formula is C60H49BN2. The van der Waals surface area contributed by atoms with Crippen molar-refractivity contribution in [1.29, 1.82) is 0 Å². The molecular weight excluding hydrogens is 759 g/mol. The van der Waals surface area contributed by atoms with Crippen molar-refractivity contribution in [1.82, 2.24) is 0 Å². The highest BCUT2D eigenvalue weighted by molar-refractivity contribution is 7.00. The average Bonchev–Trinajstić information content (AvgIpc) is 3.32. The maximum absolute atomic E-state index is 2.64. The molecule has 0 saturated heterocycles. The van der Waals surface area contributed by atoms with Crippen molar-refractivity contribution >= 4 is 57.2 Å². The number of benzene rings is 9. The Morgan fingerprint density at radius 1 is 0.365 bits per heavy atom. The second kappa shape index (κ2) is 15.2. The van der Waals surface area contributed by atoms with Crippen LogP contribution in [0.5, 0.6) is 0 Å². The summed E-state index contributed by atoms with van der Waals surface area (Å²) in [5, 5.41) is 0. The molecule has 11 rings (SSSR count). The maximum Gasteiger partial charge on any atom is 0.252 e. The van der Waals surface area contributed by atoms with Crippen LogP contribution in [0.15, 0.2) is 206 Å². The molecule has 9 aromatic rings. The van der Waals surface area contributed by atoms with Gasteiger partial charge >= 0.3 is 0 Å². The third kappa shape index (κ3) is 6.67. The highest BCUT2D eigenvalue weighted by atomic mass is 15.2. The topological polar surface area (TPSA) is 6.48 Å². The summed E-state index contributed by atoms with van der Waals surface area (Å²) in [7, 11) is 0. The van der Waals surface area contributed by atoms with Gasteiger partial charge in [-0.3, -0.25) is 0 Å². The molecule has 3 heteroatoms. The Bertz CT molecular complexity index is 3110. The first kappa shape index (κ1) is 38.6. The molecule has 0 fully saturated rings. The summed E-state index contributed by atoms with van der Waals surface area (Å²) in [6.45, 7) is 11.5. The van der Waals surface area contributed by atoms with Crippen LogP contribution in [0.4, 0.5) is 34.1 Å². The number of rotatable bonds is 6. The van der Waals surface area contributed by atoms with Gasteiger partial charge in [0.25, 0.3) is 6.71 Å². The Labute approximate surface area is 372 Å². The van der Waals surface area contributed by atoms with Gasteiger partial charge in [0.1, 0.15) is 0 Å². The van der Waals surface area contributed by atoms with Gasteiger partial charge in [-0.1, -0.05) is 178 Å². The Morgan fingerprint density at radius 2 is 0.825 bits per heavy atom. The van der Waals surface area contributed by atoms with Crippen LogP contribution < -0.4 is 26.2 Å². The third-order valence-corrected chi connectivity index (χ3v) is 13.0. The molecule has 0 spiro atoms. The van der Waals surface area contributed by atoms with Crippen molar-refractivity contribution in [2.24, 2.45) is 0 Å². The summed E-state index contributed by atoms with van der Waals surface area (Å²) in [6.07, 6.45) is 0. The van der Waals surface area contributed by atoms with E-state index in [4.69, 9.17) is 0 Å². The number of hydrogen-bond acceptors (Lipinski definition) is 2. The Hall–Kier alpha value is -7.36. The van der Waals surface area contributed by atoms with Gasteiger partial charge in [0.15, 0.2) is 0 Å². The lowest BCUT2D eigenvalue weighted by atomic mass is 9.33. The zero-order chi connectivity index (χ0) is 42.8. The van der Waals surface area contributed by atoms with E-state index < -0.39 is 0 Å². The molecule has 9 aromatic carbocycles. The van der Waals surface area contributed by atoms with Gasteiger partial charge in [0, 0.05) is 39.6 Å². The molecule has 0 unspecified atom stereocenters. The highest BCUT2D eigenvalue weighted by Gasteiger charge is 2.44. The summed E-state index contributed by atoms with van der Waals surface area (Å²) in [5.74, 6) is 0. The Morgan fingerprint density at radius 3 is 1.38 bits per heavy atom. The minimum Gasteiger partial charge on any atom is -0.311 e. The third-order valence-electron chi connectivity index (χ3n) is 13.0. The SMILES string of the molecule is Cc1cc(-c2ccccc2)c(N2c3cc(C(C)(C)C)ccc3B3c4ccc(-c5ccccc5)cc4N(c4cccc(-c5ccccc5)c4)c4cc(C)cc2c43)c(-c2ccccc2)c1. The van der Waals surface area contributed by atoms with Crippen LogP contribution in [-0.4, -0.2) is 6.71 Å². The normalized spacial score (nSPS) is 12.7. The number of hydrogen-bond donors (Lipinski definition) is 0. The fourth-order valence-corrected chi connectivity index (χ4v) is 10.1. The van der Waals surface area contributed by atoms with E-state index in [9.17, 15) is 0 Å². The molecule has 302 valence electrons. The summed E-state index contributed by atoms with van der Waals surface area (Å²) in [5.41, 5.74) is 24.5. The lowest BCUT2D eigenvalue weighted by molar-refractivity contribution is 0.590. The van der Waals surface area contributed by atoms with Gasteiger partial charge in [-0.05, 0) is 134 Å². The van der Waals surface area contributed by atoms with E-state index in [0.717, 1.165) is 5.69 Å². The molecule has 0 atom stereocenters. The molecule has 2 aliphatic heterocycles. The summed E-state index contributed by atoms with van der Waals surface area (Å²) in [4.78, 5) is 5.19. The van der Waals surface area contributed by atoms with E-state index in [2.05, 4.69) is 251 Å². The van der Waals surface area contributed by atoms with Crippen molar-refractivity contribution in [2.45, 2.75) is 40.0 Å². The molecule has 0 N–H and O–H groups in total. The zero-order valence-corrected chi connectivity index (χ0v) is 36.6. The standard InChI is InChI=1S/C60H49BN2/c1-40-33-50(44-23-14-8-15-24-44)59(51(34-40)45-25-16-9-17-26-45)63-55-39-48(60(3,4)5)30-32-53(55)61-52-31-29-47(43-21-12-7-13-22-43)38-54(52)62(56-35-41(2)36-57(63)58(56)61)49-28-18-27-46(37-49)42-19-10-6-11-20-42/h6-39H,1-5H3. The molecule has 0 aromatic heterocycles. The molecule has 0 bridgehead atoms. The maximum atomic E-state index is 2.64. The van der Waals surface area contributed by atoms with Gasteiger partial charge in [-0.25, -0.2) is 0 Å². The van der Waals surface area contributed by atoms with Gasteiger partial charge < -0.3 is 9.80 Å². The monoisotopic (exact) mass is 808 g/mol. The minimum atomic E-state index is -0.0633. The van der Waals surface area contributed by atoms with Crippen LogP contribution in [0.25, 0.3) is 44.5 Å². The van der Waals surface area contributed by atoms with E-state index in [-0.39, 0.29) is 12.1 Å². The van der Waals surface area contributed by atoms with Crippen LogP contribution in [0, 0.1) is 13.8 Å². The van der Waals surface area contributed by atoms with E-state index in [1.54, 1.807) is 0 Å². The van der Waals surface area contributed by atoms with Crippen molar-refractivity contribution < 1.29 is 0 Å². The summed E-state index contributed by atoms with van der Waals surface area (Å²) in [6, 6.07) is 76.8. The lowest BCUT2D eigenvalue weighted by Gasteiger charge is -2.45.